The van der Waals surface area contributed by atoms with Gasteiger partial charge < -0.3 is 9.64 Å². The predicted molar refractivity (Wildman–Crippen MR) is 42.4 cm³/mol. The molecule has 0 bridgehead atoms. The van der Waals surface area contributed by atoms with Gasteiger partial charge in [-0.15, -0.1) is 0 Å². The third-order valence-corrected chi connectivity index (χ3v) is 2.04. The number of likely N-dealkylation sites (tertiary alicyclic amines) is 1. The van der Waals surface area contributed by atoms with Crippen LogP contribution < -0.4 is 0 Å². The second kappa shape index (κ2) is 4.67. The molecule has 0 spiro atoms. The molecule has 1 aliphatic rings. The molecule has 0 aliphatic carbocycles. The summed E-state index contributed by atoms with van der Waals surface area (Å²) in [6.07, 6.45) is 1.15. The van der Waals surface area contributed by atoms with Crippen molar-refractivity contribution in [2.45, 2.75) is 19.0 Å². The molecule has 2 nitrogen and oxygen atoms in total. The number of rotatable bonds is 4. The number of nitrogens with zero attached hydrogens (tertiary/aromatic N) is 1. The van der Waals surface area contributed by atoms with Crippen molar-refractivity contribution in [2.75, 3.05) is 33.4 Å². The Balaban J connectivity index is 1.99. The van der Waals surface area contributed by atoms with Crippen LogP contribution in [0.2, 0.25) is 0 Å². The minimum absolute atomic E-state index is 0.586. The van der Waals surface area contributed by atoms with Gasteiger partial charge >= 0.3 is 0 Å². The zero-order chi connectivity index (χ0) is 8.10. The molecule has 1 heterocycles. The highest BCUT2D eigenvalue weighted by molar-refractivity contribution is 4.74. The smallest absolute Gasteiger partial charge is 0.114 e. The van der Waals surface area contributed by atoms with Crippen molar-refractivity contribution in [1.82, 2.24) is 4.90 Å². The van der Waals surface area contributed by atoms with Crippen LogP contribution in [0.1, 0.15) is 12.8 Å². The monoisotopic (exact) mass is 161 g/mol. The Morgan fingerprint density at radius 2 is 2.45 bits per heavy atom. The summed E-state index contributed by atoms with van der Waals surface area (Å²) in [6, 6.07) is 0. The number of methoxy groups -OCH3 is 1. The third-order valence-electron chi connectivity index (χ3n) is 2.04. The topological polar surface area (TPSA) is 12.5 Å². The van der Waals surface area contributed by atoms with Crippen molar-refractivity contribution in [3.05, 3.63) is 0 Å². The van der Waals surface area contributed by atoms with E-state index in [0.29, 0.717) is 13.0 Å². The van der Waals surface area contributed by atoms with Crippen LogP contribution in [-0.4, -0.2) is 44.4 Å². The minimum atomic E-state index is -0.586. The highest BCUT2D eigenvalue weighted by atomic mass is 19.1. The van der Waals surface area contributed by atoms with E-state index in [1.807, 2.05) is 0 Å². The van der Waals surface area contributed by atoms with E-state index in [-0.39, 0.29) is 0 Å². The molecule has 1 rings (SSSR count). The minimum Gasteiger partial charge on any atom is -0.385 e. The van der Waals surface area contributed by atoms with E-state index in [1.54, 1.807) is 7.11 Å². The number of alkyl halides is 1. The summed E-state index contributed by atoms with van der Waals surface area (Å²) in [6.45, 7) is 3.32. The SMILES string of the molecule is COCCCN1CC[C@@H](F)C1. The Morgan fingerprint density at radius 3 is 3.00 bits per heavy atom. The molecule has 66 valence electrons. The molecule has 0 N–H and O–H groups in total. The van der Waals surface area contributed by atoms with Crippen LogP contribution in [0.25, 0.3) is 0 Å². The summed E-state index contributed by atoms with van der Waals surface area (Å²) in [5.41, 5.74) is 0. The summed E-state index contributed by atoms with van der Waals surface area (Å²) in [7, 11) is 1.70. The first-order valence-electron chi connectivity index (χ1n) is 4.18. The van der Waals surface area contributed by atoms with Crippen molar-refractivity contribution in [1.29, 1.82) is 0 Å². The molecule has 1 aliphatic heterocycles. The van der Waals surface area contributed by atoms with E-state index in [9.17, 15) is 4.39 Å². The lowest BCUT2D eigenvalue weighted by atomic mass is 10.3. The maximum atomic E-state index is 12.6. The van der Waals surface area contributed by atoms with Gasteiger partial charge in [-0.3, -0.25) is 0 Å². The van der Waals surface area contributed by atoms with Crippen molar-refractivity contribution in [3.8, 4) is 0 Å². The first-order chi connectivity index (χ1) is 5.33. The fraction of sp³-hybridized carbons (Fsp3) is 1.00. The highest BCUT2D eigenvalue weighted by Crippen LogP contribution is 2.11. The molecule has 0 aromatic heterocycles. The van der Waals surface area contributed by atoms with Crippen LogP contribution >= 0.6 is 0 Å². The fourth-order valence-corrected chi connectivity index (χ4v) is 1.42. The summed E-state index contributed by atoms with van der Waals surface area (Å²) < 4.78 is 17.5. The van der Waals surface area contributed by atoms with Gasteiger partial charge in [0.05, 0.1) is 0 Å². The molecule has 11 heavy (non-hydrogen) atoms. The zero-order valence-corrected chi connectivity index (χ0v) is 7.05. The van der Waals surface area contributed by atoms with E-state index >= 15 is 0 Å². The Bertz CT molecular complexity index is 110. The predicted octanol–water partition coefficient (Wildman–Crippen LogP) is 1.07. The van der Waals surface area contributed by atoms with E-state index in [1.165, 1.54) is 0 Å². The molecule has 0 amide bonds. The molecule has 1 saturated heterocycles. The molecule has 0 saturated carbocycles. The maximum absolute atomic E-state index is 12.6. The van der Waals surface area contributed by atoms with Crippen LogP contribution in [0.5, 0.6) is 0 Å². The Labute approximate surface area is 67.3 Å². The highest BCUT2D eigenvalue weighted by Gasteiger charge is 2.20. The van der Waals surface area contributed by atoms with E-state index in [4.69, 9.17) is 4.74 Å². The van der Waals surface area contributed by atoms with Gasteiger partial charge in [0.15, 0.2) is 0 Å². The molecule has 0 unspecified atom stereocenters. The number of halogens is 1. The summed E-state index contributed by atoms with van der Waals surface area (Å²) in [5.74, 6) is 0. The first kappa shape index (κ1) is 8.94. The van der Waals surface area contributed by atoms with Crippen LogP contribution in [0, 0.1) is 0 Å². The normalized spacial score (nSPS) is 26.2. The molecule has 0 aromatic carbocycles. The lowest BCUT2D eigenvalue weighted by Crippen LogP contribution is -2.23. The molecular formula is C8H16FNO. The Hall–Kier alpha value is -0.150. The molecular weight excluding hydrogens is 145 g/mol. The van der Waals surface area contributed by atoms with Crippen molar-refractivity contribution in [2.24, 2.45) is 0 Å². The van der Waals surface area contributed by atoms with E-state index < -0.39 is 6.17 Å². The van der Waals surface area contributed by atoms with Crippen LogP contribution in [0.4, 0.5) is 4.39 Å². The Morgan fingerprint density at radius 1 is 1.64 bits per heavy atom. The quantitative estimate of drug-likeness (QED) is 0.572. The average molecular weight is 161 g/mol. The second-order valence-corrected chi connectivity index (χ2v) is 3.03. The summed E-state index contributed by atoms with van der Waals surface area (Å²) in [4.78, 5) is 2.16. The van der Waals surface area contributed by atoms with E-state index in [2.05, 4.69) is 4.90 Å². The van der Waals surface area contributed by atoms with Crippen molar-refractivity contribution < 1.29 is 9.13 Å². The lowest BCUT2D eigenvalue weighted by molar-refractivity contribution is 0.177. The van der Waals surface area contributed by atoms with Gasteiger partial charge in [0.1, 0.15) is 6.17 Å². The molecule has 0 radical (unpaired) electrons. The molecule has 3 heteroatoms. The lowest BCUT2D eigenvalue weighted by Gasteiger charge is -2.13. The largest absolute Gasteiger partial charge is 0.385 e. The van der Waals surface area contributed by atoms with Gasteiger partial charge in [0.2, 0.25) is 0 Å². The average Bonchev–Trinajstić information content (AvgIpc) is 2.37. The number of ether oxygens (including phenoxy) is 1. The fourth-order valence-electron chi connectivity index (χ4n) is 1.42. The van der Waals surface area contributed by atoms with Crippen LogP contribution in [0.15, 0.2) is 0 Å². The second-order valence-electron chi connectivity index (χ2n) is 3.03. The van der Waals surface area contributed by atoms with Gasteiger partial charge in [-0.2, -0.15) is 0 Å². The van der Waals surface area contributed by atoms with Gasteiger partial charge in [-0.05, 0) is 12.8 Å². The van der Waals surface area contributed by atoms with Gasteiger partial charge in [0.25, 0.3) is 0 Å². The summed E-state index contributed by atoms with van der Waals surface area (Å²) >= 11 is 0. The number of hydrogen-bond acceptors (Lipinski definition) is 2. The van der Waals surface area contributed by atoms with Crippen LogP contribution in [-0.2, 0) is 4.74 Å². The number of hydrogen-bond donors (Lipinski definition) is 0. The molecule has 1 fully saturated rings. The van der Waals surface area contributed by atoms with Crippen molar-refractivity contribution >= 4 is 0 Å². The summed E-state index contributed by atoms with van der Waals surface area (Å²) in [5, 5.41) is 0. The molecule has 1 atom stereocenters. The van der Waals surface area contributed by atoms with Crippen molar-refractivity contribution in [3.63, 3.8) is 0 Å². The van der Waals surface area contributed by atoms with Crippen LogP contribution in [0.3, 0.4) is 0 Å². The zero-order valence-electron chi connectivity index (χ0n) is 7.05. The molecule has 0 aromatic rings. The van der Waals surface area contributed by atoms with Gasteiger partial charge in [0, 0.05) is 33.4 Å². The van der Waals surface area contributed by atoms with E-state index in [0.717, 1.165) is 26.1 Å². The van der Waals surface area contributed by atoms with Gasteiger partial charge in [-0.1, -0.05) is 0 Å². The van der Waals surface area contributed by atoms with Gasteiger partial charge in [-0.25, -0.2) is 4.39 Å². The standard InChI is InChI=1S/C8H16FNO/c1-11-6-2-4-10-5-3-8(9)7-10/h8H,2-7H2,1H3/t8-/m1/s1. The Kier molecular flexibility index (Phi) is 3.80. The maximum Gasteiger partial charge on any atom is 0.114 e. The third kappa shape index (κ3) is 3.16. The first-order valence-corrected chi connectivity index (χ1v) is 4.18.